The Labute approximate surface area is 82.6 Å². The van der Waals surface area contributed by atoms with Crippen LogP contribution in [0.15, 0.2) is 30.3 Å². The summed E-state index contributed by atoms with van der Waals surface area (Å²) >= 11 is 0. The van der Waals surface area contributed by atoms with Crippen LogP contribution in [0.5, 0.6) is 0 Å². The number of carbonyl (C=O) groups excluding carboxylic acids is 1. The number of ether oxygens (including phenoxy) is 1. The third-order valence-electron chi connectivity index (χ3n) is 1.55. The summed E-state index contributed by atoms with van der Waals surface area (Å²) in [6, 6.07) is 8.61. The Bertz CT molecular complexity index is 288. The Balaban J connectivity index is 2.50. The van der Waals surface area contributed by atoms with Crippen LogP contribution in [0.4, 0.5) is 4.79 Å². The molecule has 0 aromatic heterocycles. The second-order valence-electron chi connectivity index (χ2n) is 2.56. The first-order valence-electron chi connectivity index (χ1n) is 4.30. The molecular weight excluding hydrogens is 183 g/mol. The fraction of sp³-hybridized carbons (Fsp3) is 0.222. The zero-order chi connectivity index (χ0) is 10.4. The molecule has 4 nitrogen and oxygen atoms in total. The second-order valence-corrected chi connectivity index (χ2v) is 2.56. The molecule has 0 radical (unpaired) electrons. The zero-order valence-corrected chi connectivity index (χ0v) is 7.84. The van der Waals surface area contributed by atoms with Crippen LogP contribution in [0, 0.1) is 0 Å². The lowest BCUT2D eigenvalue weighted by Gasteiger charge is -2.07. The van der Waals surface area contributed by atoms with E-state index in [4.69, 9.17) is 0 Å². The fourth-order valence-corrected chi connectivity index (χ4v) is 0.929. The topological polar surface area (TPSA) is 55.8 Å². The smallest absolute Gasteiger partial charge is 0.473 e. The molecule has 0 aliphatic rings. The lowest BCUT2D eigenvalue weighted by molar-refractivity contribution is 0.0983. The van der Waals surface area contributed by atoms with E-state index in [9.17, 15) is 9.82 Å². The van der Waals surface area contributed by atoms with E-state index >= 15 is 0 Å². The van der Waals surface area contributed by atoms with Crippen LogP contribution in [0.2, 0.25) is 0 Å². The number of hydrogen-bond acceptors (Lipinski definition) is 4. The number of hydrogen-bond donors (Lipinski definition) is 1. The van der Waals surface area contributed by atoms with E-state index in [2.05, 4.69) is 9.39 Å². The van der Waals surface area contributed by atoms with Gasteiger partial charge in [0.2, 0.25) is 0 Å². The maximum atomic E-state index is 10.8. The van der Waals surface area contributed by atoms with Crippen LogP contribution in [0.1, 0.15) is 6.92 Å². The van der Waals surface area contributed by atoms with Gasteiger partial charge in [-0.2, -0.15) is 0 Å². The summed E-state index contributed by atoms with van der Waals surface area (Å²) in [5, 5.41) is 9.39. The molecule has 0 bridgehead atoms. The molecule has 74 valence electrons. The molecule has 1 rings (SSSR count). The third kappa shape index (κ3) is 3.10. The van der Waals surface area contributed by atoms with Crippen molar-refractivity contribution in [3.8, 4) is 0 Å². The maximum absolute atomic E-state index is 10.8. The van der Waals surface area contributed by atoms with Crippen molar-refractivity contribution in [3.05, 3.63) is 30.3 Å². The van der Waals surface area contributed by atoms with Crippen molar-refractivity contribution in [2.75, 3.05) is 6.61 Å². The Morgan fingerprint density at radius 1 is 1.43 bits per heavy atom. The van der Waals surface area contributed by atoms with E-state index in [1.54, 1.807) is 37.3 Å². The molecule has 0 spiro atoms. The van der Waals surface area contributed by atoms with Crippen molar-refractivity contribution >= 4 is 18.7 Å². The molecule has 0 saturated heterocycles. The van der Waals surface area contributed by atoms with Crippen LogP contribution in [-0.4, -0.2) is 24.9 Å². The molecule has 1 aromatic carbocycles. The van der Waals surface area contributed by atoms with Crippen LogP contribution < -0.4 is 5.46 Å². The summed E-state index contributed by atoms with van der Waals surface area (Å²) in [7, 11) is -1.27. The minimum Gasteiger partial charge on any atom is -0.473 e. The first-order chi connectivity index (χ1) is 6.74. The highest BCUT2D eigenvalue weighted by atomic mass is 16.7. The first-order valence-corrected chi connectivity index (χ1v) is 4.30. The van der Waals surface area contributed by atoms with Crippen LogP contribution in [-0.2, 0) is 9.39 Å². The number of carbonyl (C=O) groups is 1. The highest BCUT2D eigenvalue weighted by Gasteiger charge is 2.21. The first kappa shape index (κ1) is 10.6. The van der Waals surface area contributed by atoms with E-state index in [1.807, 2.05) is 0 Å². The lowest BCUT2D eigenvalue weighted by atomic mass is 9.80. The molecule has 0 fully saturated rings. The van der Waals surface area contributed by atoms with Gasteiger partial charge in [0.15, 0.2) is 0 Å². The van der Waals surface area contributed by atoms with Crippen LogP contribution in [0.3, 0.4) is 0 Å². The van der Waals surface area contributed by atoms with Gasteiger partial charge in [0.25, 0.3) is 0 Å². The highest BCUT2D eigenvalue weighted by Crippen LogP contribution is 1.91. The molecule has 1 aromatic rings. The van der Waals surface area contributed by atoms with Gasteiger partial charge in [-0.05, 0) is 12.4 Å². The van der Waals surface area contributed by atoms with Gasteiger partial charge in [-0.1, -0.05) is 30.3 Å². The minimum atomic E-state index is -1.27. The summed E-state index contributed by atoms with van der Waals surface area (Å²) in [6.45, 7) is 1.89. The predicted molar refractivity (Wildman–Crippen MR) is 52.2 cm³/mol. The van der Waals surface area contributed by atoms with E-state index < -0.39 is 13.3 Å². The summed E-state index contributed by atoms with van der Waals surface area (Å²) < 4.78 is 9.08. The average molecular weight is 194 g/mol. The predicted octanol–water partition coefficient (Wildman–Crippen LogP) is 0.547. The summed E-state index contributed by atoms with van der Waals surface area (Å²) in [4.78, 5) is 10.8. The molecule has 5 heteroatoms. The molecular formula is C9H11BO4. The van der Waals surface area contributed by atoms with E-state index in [0.717, 1.165) is 0 Å². The molecule has 0 saturated carbocycles. The summed E-state index contributed by atoms with van der Waals surface area (Å²) in [5.74, 6) is 0. The van der Waals surface area contributed by atoms with Gasteiger partial charge in [0, 0.05) is 0 Å². The van der Waals surface area contributed by atoms with E-state index in [0.29, 0.717) is 5.46 Å². The Kier molecular flexibility index (Phi) is 4.00. The van der Waals surface area contributed by atoms with Crippen molar-refractivity contribution in [3.63, 3.8) is 0 Å². The van der Waals surface area contributed by atoms with Crippen molar-refractivity contribution in [1.29, 1.82) is 0 Å². The summed E-state index contributed by atoms with van der Waals surface area (Å²) in [6.07, 6.45) is -0.871. The standard InChI is InChI=1S/C9H11BO4/c1-2-13-9(11)14-10(12)8-6-4-3-5-7-8/h3-7,12H,2H2,1H3. The van der Waals surface area contributed by atoms with Gasteiger partial charge in [0.1, 0.15) is 0 Å². The SMILES string of the molecule is CCOC(=O)OB(O)c1ccccc1. The van der Waals surface area contributed by atoms with Gasteiger partial charge in [-0.15, -0.1) is 0 Å². The number of rotatable bonds is 3. The van der Waals surface area contributed by atoms with Crippen LogP contribution >= 0.6 is 0 Å². The molecule has 0 atom stereocenters. The largest absolute Gasteiger partial charge is 0.564 e. The molecule has 0 heterocycles. The maximum Gasteiger partial charge on any atom is 0.564 e. The molecule has 1 N–H and O–H groups in total. The van der Waals surface area contributed by atoms with Gasteiger partial charge < -0.3 is 14.4 Å². The van der Waals surface area contributed by atoms with Gasteiger partial charge in [-0.3, -0.25) is 0 Å². The normalized spacial score (nSPS) is 9.29. The summed E-state index contributed by atoms with van der Waals surface area (Å²) in [5.41, 5.74) is 0.514. The van der Waals surface area contributed by atoms with E-state index in [-0.39, 0.29) is 6.61 Å². The average Bonchev–Trinajstić information content (AvgIpc) is 2.19. The molecule has 0 unspecified atom stereocenters. The van der Waals surface area contributed by atoms with Crippen molar-refractivity contribution in [2.24, 2.45) is 0 Å². The molecule has 0 aliphatic carbocycles. The van der Waals surface area contributed by atoms with Gasteiger partial charge in [0.05, 0.1) is 6.61 Å². The highest BCUT2D eigenvalue weighted by molar-refractivity contribution is 6.61. The van der Waals surface area contributed by atoms with Crippen molar-refractivity contribution in [2.45, 2.75) is 6.92 Å². The quantitative estimate of drug-likeness (QED) is 0.563. The van der Waals surface area contributed by atoms with Gasteiger partial charge >= 0.3 is 13.3 Å². The van der Waals surface area contributed by atoms with Crippen molar-refractivity contribution < 1.29 is 19.2 Å². The second kappa shape index (κ2) is 5.29. The van der Waals surface area contributed by atoms with Crippen molar-refractivity contribution in [1.82, 2.24) is 0 Å². The van der Waals surface area contributed by atoms with E-state index in [1.165, 1.54) is 0 Å². The Hall–Kier alpha value is -1.49. The molecule has 0 aliphatic heterocycles. The monoisotopic (exact) mass is 194 g/mol. The molecule has 0 amide bonds. The minimum absolute atomic E-state index is 0.223. The fourth-order valence-electron chi connectivity index (χ4n) is 0.929. The Morgan fingerprint density at radius 3 is 2.64 bits per heavy atom. The number of benzene rings is 1. The van der Waals surface area contributed by atoms with Crippen LogP contribution in [0.25, 0.3) is 0 Å². The zero-order valence-electron chi connectivity index (χ0n) is 7.84. The third-order valence-corrected chi connectivity index (χ3v) is 1.55. The molecule has 14 heavy (non-hydrogen) atoms. The van der Waals surface area contributed by atoms with Gasteiger partial charge in [-0.25, -0.2) is 4.79 Å². The Morgan fingerprint density at radius 2 is 2.07 bits per heavy atom. The lowest BCUT2D eigenvalue weighted by Crippen LogP contribution is -2.35.